The topological polar surface area (TPSA) is 68.0 Å². The molecule has 0 aliphatic heterocycles. The molecule has 0 saturated carbocycles. The lowest BCUT2D eigenvalue weighted by Gasteiger charge is -1.99. The smallest absolute Gasteiger partial charge is 0.338 e. The Morgan fingerprint density at radius 1 is 1.47 bits per heavy atom. The number of rotatable bonds is 2. The number of pyridine rings is 1. The first-order valence-corrected chi connectivity index (χ1v) is 4.39. The van der Waals surface area contributed by atoms with Crippen molar-refractivity contribution in [2.75, 3.05) is 0 Å². The van der Waals surface area contributed by atoms with Gasteiger partial charge < -0.3 is 5.11 Å². The lowest BCUT2D eigenvalue weighted by molar-refractivity contribution is 0.0697. The molecule has 0 bridgehead atoms. The van der Waals surface area contributed by atoms with Gasteiger partial charge in [0.15, 0.2) is 5.82 Å². The third kappa shape index (κ3) is 1.85. The van der Waals surface area contributed by atoms with E-state index in [1.54, 1.807) is 6.07 Å². The largest absolute Gasteiger partial charge is 0.478 e. The molecular weight excluding hydrogens is 194 g/mol. The molecule has 76 valence electrons. The van der Waals surface area contributed by atoms with Crippen molar-refractivity contribution in [2.24, 2.45) is 0 Å². The van der Waals surface area contributed by atoms with E-state index in [4.69, 9.17) is 5.11 Å². The van der Waals surface area contributed by atoms with Gasteiger partial charge in [-0.05, 0) is 19.1 Å². The van der Waals surface area contributed by atoms with Crippen LogP contribution >= 0.6 is 0 Å². The highest BCUT2D eigenvalue weighted by molar-refractivity contribution is 5.86. The Hall–Kier alpha value is -2.17. The molecule has 0 aliphatic rings. The third-order valence-corrected chi connectivity index (χ3v) is 1.94. The zero-order valence-corrected chi connectivity index (χ0v) is 8.08. The van der Waals surface area contributed by atoms with Crippen molar-refractivity contribution >= 4 is 5.97 Å². The van der Waals surface area contributed by atoms with Gasteiger partial charge in [-0.25, -0.2) is 14.5 Å². The van der Waals surface area contributed by atoms with Gasteiger partial charge in [-0.3, -0.25) is 0 Å². The summed E-state index contributed by atoms with van der Waals surface area (Å²) in [6.45, 7) is 1.87. The highest BCUT2D eigenvalue weighted by atomic mass is 16.4. The van der Waals surface area contributed by atoms with E-state index in [1.165, 1.54) is 17.1 Å². The minimum absolute atomic E-state index is 0.151. The van der Waals surface area contributed by atoms with E-state index in [1.807, 2.05) is 19.1 Å². The Morgan fingerprint density at radius 3 is 2.87 bits per heavy atom. The Labute approximate surface area is 86.0 Å². The molecule has 0 atom stereocenters. The Balaban J connectivity index is 2.41. The second-order valence-electron chi connectivity index (χ2n) is 3.12. The van der Waals surface area contributed by atoms with Crippen molar-refractivity contribution in [1.29, 1.82) is 0 Å². The predicted octanol–water partition coefficient (Wildman–Crippen LogP) is 1.27. The molecule has 2 heterocycles. The SMILES string of the molecule is Cc1cccc(-n2cc(C(=O)O)cn2)n1. The van der Waals surface area contributed by atoms with E-state index in [9.17, 15) is 4.79 Å². The maximum Gasteiger partial charge on any atom is 0.338 e. The zero-order valence-electron chi connectivity index (χ0n) is 8.08. The number of hydrogen-bond donors (Lipinski definition) is 1. The average molecular weight is 203 g/mol. The van der Waals surface area contributed by atoms with Gasteiger partial charge in [-0.15, -0.1) is 0 Å². The second-order valence-corrected chi connectivity index (χ2v) is 3.12. The quantitative estimate of drug-likeness (QED) is 0.798. The minimum atomic E-state index is -0.992. The monoisotopic (exact) mass is 203 g/mol. The van der Waals surface area contributed by atoms with E-state index >= 15 is 0 Å². The lowest BCUT2D eigenvalue weighted by Crippen LogP contribution is -1.99. The fraction of sp³-hybridized carbons (Fsp3) is 0.100. The fourth-order valence-electron chi connectivity index (χ4n) is 1.21. The van der Waals surface area contributed by atoms with Crippen molar-refractivity contribution in [3.8, 4) is 5.82 Å². The zero-order chi connectivity index (χ0) is 10.8. The molecule has 0 unspecified atom stereocenters. The summed E-state index contributed by atoms with van der Waals surface area (Å²) in [5, 5.41) is 12.6. The third-order valence-electron chi connectivity index (χ3n) is 1.94. The molecule has 2 aromatic heterocycles. The summed E-state index contributed by atoms with van der Waals surface area (Å²) >= 11 is 0. The molecule has 0 spiro atoms. The summed E-state index contributed by atoms with van der Waals surface area (Å²) in [7, 11) is 0. The van der Waals surface area contributed by atoms with Crippen molar-refractivity contribution < 1.29 is 9.90 Å². The van der Waals surface area contributed by atoms with Crippen LogP contribution in [-0.4, -0.2) is 25.8 Å². The molecule has 0 radical (unpaired) electrons. The lowest BCUT2D eigenvalue weighted by atomic mass is 10.3. The number of carboxylic acids is 1. The van der Waals surface area contributed by atoms with Crippen molar-refractivity contribution in [3.63, 3.8) is 0 Å². The first-order chi connectivity index (χ1) is 7.16. The number of hydrogen-bond acceptors (Lipinski definition) is 3. The molecule has 2 rings (SSSR count). The molecule has 0 fully saturated rings. The van der Waals surface area contributed by atoms with E-state index in [2.05, 4.69) is 10.1 Å². The van der Waals surface area contributed by atoms with Gasteiger partial charge >= 0.3 is 5.97 Å². The molecule has 0 saturated heterocycles. The van der Waals surface area contributed by atoms with Crippen LogP contribution in [-0.2, 0) is 0 Å². The van der Waals surface area contributed by atoms with Gasteiger partial charge in [0.1, 0.15) is 0 Å². The summed E-state index contributed by atoms with van der Waals surface area (Å²) in [5.74, 6) is -0.378. The Morgan fingerprint density at radius 2 is 2.27 bits per heavy atom. The van der Waals surface area contributed by atoms with Gasteiger partial charge in [0.25, 0.3) is 0 Å². The number of nitrogens with zero attached hydrogens (tertiary/aromatic N) is 3. The molecule has 1 N–H and O–H groups in total. The van der Waals surface area contributed by atoms with E-state index in [-0.39, 0.29) is 5.56 Å². The minimum Gasteiger partial charge on any atom is -0.478 e. The van der Waals surface area contributed by atoms with Gasteiger partial charge in [0.05, 0.1) is 11.8 Å². The highest BCUT2D eigenvalue weighted by Gasteiger charge is 2.07. The van der Waals surface area contributed by atoms with Crippen LogP contribution in [0.25, 0.3) is 5.82 Å². The summed E-state index contributed by atoms with van der Waals surface area (Å²) in [6.07, 6.45) is 2.73. The number of aromatic nitrogens is 3. The van der Waals surface area contributed by atoms with Crippen molar-refractivity contribution in [2.45, 2.75) is 6.92 Å². The fourth-order valence-corrected chi connectivity index (χ4v) is 1.21. The van der Waals surface area contributed by atoms with Crippen molar-refractivity contribution in [1.82, 2.24) is 14.8 Å². The number of aryl methyl sites for hydroxylation is 1. The molecule has 0 amide bonds. The first-order valence-electron chi connectivity index (χ1n) is 4.39. The van der Waals surface area contributed by atoms with Crippen LogP contribution < -0.4 is 0 Å². The summed E-state index contributed by atoms with van der Waals surface area (Å²) in [4.78, 5) is 14.9. The van der Waals surface area contributed by atoms with Crippen LogP contribution in [0.2, 0.25) is 0 Å². The van der Waals surface area contributed by atoms with E-state index in [0.29, 0.717) is 5.82 Å². The Bertz CT molecular complexity index is 505. The molecule has 5 heteroatoms. The van der Waals surface area contributed by atoms with Crippen LogP contribution in [0.15, 0.2) is 30.6 Å². The number of carboxylic acid groups (broad SMARTS) is 1. The van der Waals surface area contributed by atoms with Gasteiger partial charge in [0.2, 0.25) is 0 Å². The molecule has 0 aliphatic carbocycles. The van der Waals surface area contributed by atoms with Crippen LogP contribution in [0.3, 0.4) is 0 Å². The summed E-state index contributed by atoms with van der Waals surface area (Å²) in [6, 6.07) is 5.48. The van der Waals surface area contributed by atoms with E-state index < -0.39 is 5.97 Å². The van der Waals surface area contributed by atoms with Crippen LogP contribution in [0.1, 0.15) is 16.1 Å². The highest BCUT2D eigenvalue weighted by Crippen LogP contribution is 2.06. The predicted molar refractivity (Wildman–Crippen MR) is 53.1 cm³/mol. The standard InChI is InChI=1S/C10H9N3O2/c1-7-3-2-4-9(12-7)13-6-8(5-11-13)10(14)15/h2-6H,1H3,(H,14,15). The van der Waals surface area contributed by atoms with Crippen LogP contribution in [0.5, 0.6) is 0 Å². The normalized spacial score (nSPS) is 10.2. The van der Waals surface area contributed by atoms with Crippen LogP contribution in [0, 0.1) is 6.92 Å². The molecule has 0 aromatic carbocycles. The maximum absolute atomic E-state index is 10.6. The molecular formula is C10H9N3O2. The summed E-state index contributed by atoms with van der Waals surface area (Å²) in [5.41, 5.74) is 1.01. The number of aromatic carboxylic acids is 1. The first kappa shape index (κ1) is 9.39. The van der Waals surface area contributed by atoms with Gasteiger partial charge in [-0.2, -0.15) is 5.10 Å². The van der Waals surface area contributed by atoms with Crippen molar-refractivity contribution in [3.05, 3.63) is 41.9 Å². The molecule has 2 aromatic rings. The summed E-state index contributed by atoms with van der Waals surface area (Å²) < 4.78 is 1.44. The van der Waals surface area contributed by atoms with E-state index in [0.717, 1.165) is 5.69 Å². The average Bonchev–Trinajstić information content (AvgIpc) is 2.66. The second kappa shape index (κ2) is 3.53. The molecule has 15 heavy (non-hydrogen) atoms. The Kier molecular flexibility index (Phi) is 2.21. The van der Waals surface area contributed by atoms with Gasteiger partial charge in [0, 0.05) is 11.9 Å². The maximum atomic E-state index is 10.6. The number of carbonyl (C=O) groups is 1. The van der Waals surface area contributed by atoms with Gasteiger partial charge in [-0.1, -0.05) is 6.07 Å². The molecule has 5 nitrogen and oxygen atoms in total. The van der Waals surface area contributed by atoms with Crippen LogP contribution in [0.4, 0.5) is 0 Å².